The summed E-state index contributed by atoms with van der Waals surface area (Å²) in [6.07, 6.45) is 0.218. The van der Waals surface area contributed by atoms with Crippen molar-refractivity contribution in [2.75, 3.05) is 13.1 Å². The fourth-order valence-electron chi connectivity index (χ4n) is 2.04. The lowest BCUT2D eigenvalue weighted by molar-refractivity contribution is -0.140. The number of alkyl halides is 3. The highest BCUT2D eigenvalue weighted by atomic mass is 32.1. The molecular formula is C15H21F3N6S. The molecule has 0 bridgehead atoms. The maximum absolute atomic E-state index is 12.5. The number of aryl methyl sites for hydroxylation is 2. The zero-order chi connectivity index (χ0) is 18.3. The first-order valence-corrected chi connectivity index (χ1v) is 8.79. The van der Waals surface area contributed by atoms with Crippen molar-refractivity contribution in [3.8, 4) is 0 Å². The average Bonchev–Trinajstić information content (AvgIpc) is 3.17. The molecular weight excluding hydrogens is 353 g/mol. The molecule has 138 valence electrons. The van der Waals surface area contributed by atoms with Gasteiger partial charge in [-0.05, 0) is 25.8 Å². The number of nitrogens with one attached hydrogen (secondary N) is 2. The number of hydrogen-bond donors (Lipinski definition) is 2. The molecule has 0 radical (unpaired) electrons. The van der Waals surface area contributed by atoms with E-state index in [9.17, 15) is 13.2 Å². The van der Waals surface area contributed by atoms with Crippen molar-refractivity contribution in [2.45, 2.75) is 39.5 Å². The third kappa shape index (κ3) is 6.37. The Morgan fingerprint density at radius 1 is 1.36 bits per heavy atom. The van der Waals surface area contributed by atoms with E-state index in [0.717, 1.165) is 35.2 Å². The summed E-state index contributed by atoms with van der Waals surface area (Å²) in [6.45, 7) is 6.14. The van der Waals surface area contributed by atoms with Crippen molar-refractivity contribution < 1.29 is 13.2 Å². The predicted octanol–water partition coefficient (Wildman–Crippen LogP) is 2.81. The molecule has 0 aliphatic carbocycles. The lowest BCUT2D eigenvalue weighted by atomic mass is 10.4. The van der Waals surface area contributed by atoms with Crippen LogP contribution in [-0.2, 0) is 19.3 Å². The maximum Gasteiger partial charge on any atom is 0.434 e. The Morgan fingerprint density at radius 2 is 2.16 bits per heavy atom. The van der Waals surface area contributed by atoms with Crippen molar-refractivity contribution in [3.63, 3.8) is 0 Å². The number of thiazole rings is 1. The van der Waals surface area contributed by atoms with Crippen molar-refractivity contribution in [2.24, 2.45) is 4.99 Å². The number of rotatable bonds is 7. The molecule has 0 aliphatic heterocycles. The van der Waals surface area contributed by atoms with Crippen molar-refractivity contribution in [1.82, 2.24) is 25.4 Å². The molecule has 0 unspecified atom stereocenters. The molecule has 10 heteroatoms. The Balaban J connectivity index is 1.82. The topological polar surface area (TPSA) is 67.1 Å². The van der Waals surface area contributed by atoms with Gasteiger partial charge in [0.1, 0.15) is 5.01 Å². The van der Waals surface area contributed by atoms with E-state index in [-0.39, 0.29) is 6.54 Å². The molecule has 0 amide bonds. The Bertz CT molecular complexity index is 691. The standard InChI is InChI=1S/C15H21F3N6S/c1-3-19-14(20-5-4-6-24-9-11(2)7-22-24)21-8-13-23-12(10-25-13)15(16,17)18/h7,9-10H,3-6,8H2,1-2H3,(H2,19,20,21). The van der Waals surface area contributed by atoms with Crippen molar-refractivity contribution in [3.05, 3.63) is 34.0 Å². The molecule has 0 spiro atoms. The number of aromatic nitrogens is 3. The molecule has 2 heterocycles. The van der Waals surface area contributed by atoms with Crippen LogP contribution in [0.2, 0.25) is 0 Å². The van der Waals surface area contributed by atoms with E-state index >= 15 is 0 Å². The van der Waals surface area contributed by atoms with Crippen LogP contribution in [-0.4, -0.2) is 33.8 Å². The molecule has 2 N–H and O–H groups in total. The predicted molar refractivity (Wildman–Crippen MR) is 91.5 cm³/mol. The van der Waals surface area contributed by atoms with Crippen molar-refractivity contribution >= 4 is 17.3 Å². The summed E-state index contributed by atoms with van der Waals surface area (Å²) in [7, 11) is 0. The summed E-state index contributed by atoms with van der Waals surface area (Å²) < 4.78 is 39.5. The first-order valence-electron chi connectivity index (χ1n) is 7.91. The van der Waals surface area contributed by atoms with Gasteiger partial charge in [-0.25, -0.2) is 9.98 Å². The Labute approximate surface area is 148 Å². The fraction of sp³-hybridized carbons (Fsp3) is 0.533. The van der Waals surface area contributed by atoms with Gasteiger partial charge in [0, 0.05) is 31.2 Å². The molecule has 2 aromatic rings. The lowest BCUT2D eigenvalue weighted by Gasteiger charge is -2.11. The van der Waals surface area contributed by atoms with E-state index in [1.54, 1.807) is 0 Å². The van der Waals surface area contributed by atoms with Crippen LogP contribution in [0.1, 0.15) is 29.6 Å². The quantitative estimate of drug-likeness (QED) is 0.444. The minimum absolute atomic E-state index is 0.106. The molecule has 0 atom stereocenters. The van der Waals surface area contributed by atoms with Crippen LogP contribution in [0.3, 0.4) is 0 Å². The number of aliphatic imine (C=N–C) groups is 1. The molecule has 6 nitrogen and oxygen atoms in total. The molecule has 2 aromatic heterocycles. The monoisotopic (exact) mass is 374 g/mol. The van der Waals surface area contributed by atoms with Crippen LogP contribution >= 0.6 is 11.3 Å². The van der Waals surface area contributed by atoms with E-state index in [2.05, 4.69) is 25.7 Å². The van der Waals surface area contributed by atoms with Gasteiger partial charge in [-0.1, -0.05) is 0 Å². The molecule has 0 aliphatic rings. The maximum atomic E-state index is 12.5. The summed E-state index contributed by atoms with van der Waals surface area (Å²) >= 11 is 0.959. The van der Waals surface area contributed by atoms with Gasteiger partial charge in [-0.3, -0.25) is 4.68 Å². The largest absolute Gasteiger partial charge is 0.434 e. The van der Waals surface area contributed by atoms with E-state index < -0.39 is 11.9 Å². The molecule has 0 saturated heterocycles. The molecule has 0 fully saturated rings. The second kappa shape index (κ2) is 8.84. The highest BCUT2D eigenvalue weighted by molar-refractivity contribution is 7.09. The zero-order valence-corrected chi connectivity index (χ0v) is 14.9. The molecule has 0 aromatic carbocycles. The van der Waals surface area contributed by atoms with E-state index in [4.69, 9.17) is 0 Å². The van der Waals surface area contributed by atoms with Crippen LogP contribution in [0.15, 0.2) is 22.8 Å². The summed E-state index contributed by atoms with van der Waals surface area (Å²) in [5.41, 5.74) is 0.250. The number of guanidine groups is 1. The Morgan fingerprint density at radius 3 is 2.76 bits per heavy atom. The van der Waals surface area contributed by atoms with Gasteiger partial charge in [-0.15, -0.1) is 11.3 Å². The summed E-state index contributed by atoms with van der Waals surface area (Å²) in [5, 5.41) is 11.8. The SMILES string of the molecule is CCNC(=NCc1nc(C(F)(F)F)cs1)NCCCn1cc(C)cn1. The smallest absolute Gasteiger partial charge is 0.357 e. The third-order valence-electron chi connectivity index (χ3n) is 3.18. The van der Waals surface area contributed by atoms with E-state index in [1.165, 1.54) is 0 Å². The number of nitrogens with zero attached hydrogens (tertiary/aromatic N) is 4. The van der Waals surface area contributed by atoms with Crippen LogP contribution < -0.4 is 10.6 Å². The minimum atomic E-state index is -4.41. The van der Waals surface area contributed by atoms with Gasteiger partial charge in [0.05, 0.1) is 12.7 Å². The second-order valence-electron chi connectivity index (χ2n) is 5.38. The average molecular weight is 374 g/mol. The van der Waals surface area contributed by atoms with Gasteiger partial charge >= 0.3 is 6.18 Å². The van der Waals surface area contributed by atoms with Crippen LogP contribution in [0, 0.1) is 6.92 Å². The van der Waals surface area contributed by atoms with E-state index in [1.807, 2.05) is 30.9 Å². The number of hydrogen-bond acceptors (Lipinski definition) is 4. The third-order valence-corrected chi connectivity index (χ3v) is 4.01. The normalized spacial score (nSPS) is 12.4. The lowest BCUT2D eigenvalue weighted by Crippen LogP contribution is -2.38. The summed E-state index contributed by atoms with van der Waals surface area (Å²) in [6, 6.07) is 0. The highest BCUT2D eigenvalue weighted by Gasteiger charge is 2.33. The first-order chi connectivity index (χ1) is 11.9. The molecule has 0 saturated carbocycles. The second-order valence-corrected chi connectivity index (χ2v) is 6.32. The molecule has 2 rings (SSSR count). The number of halogens is 3. The Hall–Kier alpha value is -2.10. The van der Waals surface area contributed by atoms with Crippen molar-refractivity contribution in [1.29, 1.82) is 0 Å². The fourth-order valence-corrected chi connectivity index (χ4v) is 2.76. The Kier molecular flexibility index (Phi) is 6.80. The zero-order valence-electron chi connectivity index (χ0n) is 14.1. The van der Waals surface area contributed by atoms with Crippen LogP contribution in [0.5, 0.6) is 0 Å². The minimum Gasteiger partial charge on any atom is -0.357 e. The van der Waals surface area contributed by atoms with Gasteiger partial charge in [0.2, 0.25) is 0 Å². The highest BCUT2D eigenvalue weighted by Crippen LogP contribution is 2.30. The van der Waals surface area contributed by atoms with Gasteiger partial charge in [0.25, 0.3) is 0 Å². The van der Waals surface area contributed by atoms with Crippen LogP contribution in [0.25, 0.3) is 0 Å². The van der Waals surface area contributed by atoms with E-state index in [0.29, 0.717) is 24.1 Å². The van der Waals surface area contributed by atoms with Gasteiger partial charge in [-0.2, -0.15) is 18.3 Å². The van der Waals surface area contributed by atoms with Gasteiger partial charge in [0.15, 0.2) is 11.7 Å². The summed E-state index contributed by atoms with van der Waals surface area (Å²) in [4.78, 5) is 7.85. The first kappa shape index (κ1) is 19.2. The summed E-state index contributed by atoms with van der Waals surface area (Å²) in [5.74, 6) is 0.558. The van der Waals surface area contributed by atoms with Crippen LogP contribution in [0.4, 0.5) is 13.2 Å². The van der Waals surface area contributed by atoms with Gasteiger partial charge < -0.3 is 10.6 Å². The molecule has 25 heavy (non-hydrogen) atoms.